The van der Waals surface area contributed by atoms with Crippen LogP contribution >= 0.6 is 0 Å². The molecule has 3 saturated heterocycles. The second-order valence-corrected chi connectivity index (χ2v) is 14.4. The summed E-state index contributed by atoms with van der Waals surface area (Å²) in [5.74, 6) is -2.73. The van der Waals surface area contributed by atoms with Gasteiger partial charge in [0.15, 0.2) is 17.7 Å². The Balaban J connectivity index is 2.07. The summed E-state index contributed by atoms with van der Waals surface area (Å²) in [6.07, 6.45) is 0.792. The number of hydrogen-bond donors (Lipinski definition) is 2. The van der Waals surface area contributed by atoms with Gasteiger partial charge in [-0.25, -0.2) is 4.79 Å². The van der Waals surface area contributed by atoms with Crippen molar-refractivity contribution in [3.05, 3.63) is 12.7 Å². The Labute approximate surface area is 270 Å². The molecular weight excluding hydrogens is 578 g/mol. The van der Waals surface area contributed by atoms with Gasteiger partial charge in [-0.2, -0.15) is 0 Å². The van der Waals surface area contributed by atoms with Crippen LogP contribution in [0, 0.1) is 23.7 Å². The normalized spacial score (nSPS) is 43.8. The molecule has 3 aliphatic heterocycles. The number of rotatable bonds is 7. The smallest absolute Gasteiger partial charge is 0.408 e. The Morgan fingerprint density at radius 2 is 1.76 bits per heavy atom. The highest BCUT2D eigenvalue weighted by atomic mass is 16.7. The zero-order valence-electron chi connectivity index (χ0n) is 29.4. The summed E-state index contributed by atoms with van der Waals surface area (Å²) in [5.41, 5.74) is -2.08. The van der Waals surface area contributed by atoms with Crippen LogP contribution in [0.1, 0.15) is 81.6 Å². The van der Waals surface area contributed by atoms with E-state index in [-0.39, 0.29) is 42.4 Å². The second-order valence-electron chi connectivity index (χ2n) is 14.4. The largest absolute Gasteiger partial charge is 0.458 e. The van der Waals surface area contributed by atoms with Crippen molar-refractivity contribution < 1.29 is 38.1 Å². The van der Waals surface area contributed by atoms with Crippen molar-refractivity contribution in [2.45, 2.75) is 136 Å². The number of ketones is 1. The molecule has 2 N–H and O–H groups in total. The molecule has 3 fully saturated rings. The third-order valence-electron chi connectivity index (χ3n) is 10.3. The number of carbonyl (C=O) groups is 3. The van der Waals surface area contributed by atoms with E-state index in [0.717, 1.165) is 6.42 Å². The molecular formula is C34H59N3O8. The van der Waals surface area contributed by atoms with Gasteiger partial charge in [0, 0.05) is 23.9 Å². The maximum absolute atomic E-state index is 14.2. The fourth-order valence-corrected chi connectivity index (χ4v) is 7.65. The highest BCUT2D eigenvalue weighted by Crippen LogP contribution is 2.39. The van der Waals surface area contributed by atoms with Gasteiger partial charge in [-0.05, 0) is 80.4 Å². The summed E-state index contributed by atoms with van der Waals surface area (Å²) >= 11 is 0. The van der Waals surface area contributed by atoms with E-state index in [1.54, 1.807) is 26.8 Å². The van der Waals surface area contributed by atoms with Crippen molar-refractivity contribution in [1.29, 1.82) is 0 Å². The van der Waals surface area contributed by atoms with E-state index in [2.05, 4.69) is 50.1 Å². The van der Waals surface area contributed by atoms with Crippen LogP contribution in [0.5, 0.6) is 0 Å². The van der Waals surface area contributed by atoms with Crippen LogP contribution in [0.4, 0.5) is 4.79 Å². The van der Waals surface area contributed by atoms with Gasteiger partial charge in [0.1, 0.15) is 12.0 Å². The second kappa shape index (κ2) is 15.2. The number of hydrogen-bond acceptors (Lipinski definition) is 10. The molecule has 0 spiro atoms. The van der Waals surface area contributed by atoms with Crippen LogP contribution in [0.25, 0.3) is 0 Å². The SMILES string of the molecule is C=CCO[C@]1(C)C[C@@H](C)CN[C@H](C)[C@H]2NC(=O)O[C@]2(C)[C@@H](CC)OC(=O)[C@H](C)C(=O)[C@H](C)C1O[C@@H]1OC(C)CC(N(C)C)C1C. The lowest BCUT2D eigenvalue weighted by atomic mass is 9.78. The van der Waals surface area contributed by atoms with E-state index in [0.29, 0.717) is 19.4 Å². The number of esters is 1. The Hall–Kier alpha value is -2.05. The van der Waals surface area contributed by atoms with E-state index < -0.39 is 59.6 Å². The van der Waals surface area contributed by atoms with Crippen molar-refractivity contribution in [3.63, 3.8) is 0 Å². The molecule has 3 aliphatic rings. The van der Waals surface area contributed by atoms with E-state index >= 15 is 0 Å². The number of ether oxygens (including phenoxy) is 5. The van der Waals surface area contributed by atoms with Gasteiger partial charge < -0.3 is 39.2 Å². The number of Topliss-reactive ketones (excluding diaryl/α,β-unsaturated/α-hetero) is 1. The van der Waals surface area contributed by atoms with Crippen molar-refractivity contribution in [1.82, 2.24) is 15.5 Å². The first-order valence-corrected chi connectivity index (χ1v) is 16.7. The van der Waals surface area contributed by atoms with Crippen molar-refractivity contribution >= 4 is 17.8 Å². The molecule has 4 unspecified atom stereocenters. The fourth-order valence-electron chi connectivity index (χ4n) is 7.65. The predicted octanol–water partition coefficient (Wildman–Crippen LogP) is 4.08. The summed E-state index contributed by atoms with van der Waals surface area (Å²) in [5, 5.41) is 6.50. The van der Waals surface area contributed by atoms with Gasteiger partial charge in [0.2, 0.25) is 0 Å². The third-order valence-corrected chi connectivity index (χ3v) is 10.3. The van der Waals surface area contributed by atoms with Gasteiger partial charge in [0.05, 0.1) is 30.5 Å². The standard InChI is InChI=1S/C34H59N3O8/c1-13-15-41-33(9)17-19(3)18-35-24(8)28-34(10,45-32(40)36-28)26(14-2)43-30(39)23(7)27(38)22(6)29(33)44-31-21(5)25(37(11)12)16-20(4)42-31/h13,19-26,28-29,31,35H,1,14-18H2,2-12H3,(H,36,40)/t19-,20?,21?,22+,23-,24-,25?,26-,28-,29?,31+,33-,34-/m1/s1. The number of amides is 1. The number of carbonyl (C=O) groups excluding carboxylic acids is 3. The first-order chi connectivity index (χ1) is 21.0. The summed E-state index contributed by atoms with van der Waals surface area (Å²) in [6, 6.07) is -0.463. The number of nitrogens with zero attached hydrogens (tertiary/aromatic N) is 1. The highest BCUT2D eigenvalue weighted by Gasteiger charge is 2.55. The molecule has 0 aliphatic carbocycles. The predicted molar refractivity (Wildman–Crippen MR) is 172 cm³/mol. The number of alkyl carbamates (subject to hydrolysis) is 1. The molecule has 0 bridgehead atoms. The van der Waals surface area contributed by atoms with Crippen LogP contribution in [-0.4, -0.2) is 104 Å². The van der Waals surface area contributed by atoms with E-state index in [4.69, 9.17) is 23.7 Å². The number of fused-ring (bicyclic) bond motifs is 1. The van der Waals surface area contributed by atoms with Crippen molar-refractivity contribution in [2.24, 2.45) is 23.7 Å². The Kier molecular flexibility index (Phi) is 12.7. The molecule has 1 amide bonds. The molecule has 3 heterocycles. The van der Waals surface area contributed by atoms with Crippen LogP contribution in [-0.2, 0) is 33.3 Å². The molecule has 45 heavy (non-hydrogen) atoms. The van der Waals surface area contributed by atoms with E-state index in [1.165, 1.54) is 0 Å². The minimum atomic E-state index is -1.13. The van der Waals surface area contributed by atoms with Gasteiger partial charge in [0.25, 0.3) is 0 Å². The minimum absolute atomic E-state index is 0.0155. The molecule has 13 atom stereocenters. The average Bonchev–Trinajstić information content (AvgIpc) is 3.30. The molecule has 11 nitrogen and oxygen atoms in total. The zero-order valence-corrected chi connectivity index (χ0v) is 29.4. The highest BCUT2D eigenvalue weighted by molar-refractivity contribution is 6.00. The monoisotopic (exact) mass is 637 g/mol. The van der Waals surface area contributed by atoms with Gasteiger partial charge in [-0.15, -0.1) is 6.58 Å². The topological polar surface area (TPSA) is 125 Å². The van der Waals surface area contributed by atoms with Crippen LogP contribution in [0.15, 0.2) is 12.7 Å². The molecule has 0 aromatic carbocycles. The molecule has 11 heteroatoms. The lowest BCUT2D eigenvalue weighted by Crippen LogP contribution is -2.60. The average molecular weight is 638 g/mol. The first kappa shape index (κ1) is 37.4. The molecule has 0 aromatic rings. The van der Waals surface area contributed by atoms with Crippen LogP contribution in [0.2, 0.25) is 0 Å². The third kappa shape index (κ3) is 8.27. The van der Waals surface area contributed by atoms with Crippen molar-refractivity contribution in [3.8, 4) is 0 Å². The summed E-state index contributed by atoms with van der Waals surface area (Å²) < 4.78 is 31.6. The summed E-state index contributed by atoms with van der Waals surface area (Å²) in [4.78, 5) is 42.5. The number of cyclic esters (lactones) is 1. The lowest BCUT2D eigenvalue weighted by Gasteiger charge is -2.47. The molecule has 0 radical (unpaired) electrons. The van der Waals surface area contributed by atoms with Gasteiger partial charge in [-0.1, -0.05) is 33.8 Å². The van der Waals surface area contributed by atoms with Crippen LogP contribution < -0.4 is 10.6 Å². The molecule has 258 valence electrons. The van der Waals surface area contributed by atoms with E-state index in [1.807, 2.05) is 27.7 Å². The number of nitrogens with one attached hydrogen (secondary N) is 2. The Bertz CT molecular complexity index is 1060. The van der Waals surface area contributed by atoms with Crippen LogP contribution in [0.3, 0.4) is 0 Å². The zero-order chi connectivity index (χ0) is 33.9. The Morgan fingerprint density at radius 1 is 1.09 bits per heavy atom. The Morgan fingerprint density at radius 3 is 2.36 bits per heavy atom. The quantitative estimate of drug-likeness (QED) is 0.240. The van der Waals surface area contributed by atoms with E-state index in [9.17, 15) is 14.4 Å². The molecule has 0 aromatic heterocycles. The minimum Gasteiger partial charge on any atom is -0.458 e. The lowest BCUT2D eigenvalue weighted by molar-refractivity contribution is -0.282. The first-order valence-electron chi connectivity index (χ1n) is 16.7. The molecule has 3 rings (SSSR count). The maximum Gasteiger partial charge on any atom is 0.408 e. The fraction of sp³-hybridized carbons (Fsp3) is 0.853. The summed E-state index contributed by atoms with van der Waals surface area (Å²) in [6.45, 7) is 22.0. The molecule has 0 saturated carbocycles. The van der Waals surface area contributed by atoms with Gasteiger partial charge in [-0.3, -0.25) is 9.59 Å². The summed E-state index contributed by atoms with van der Waals surface area (Å²) in [7, 11) is 4.11. The maximum atomic E-state index is 14.2. The van der Waals surface area contributed by atoms with Gasteiger partial charge >= 0.3 is 12.1 Å². The van der Waals surface area contributed by atoms with Crippen molar-refractivity contribution in [2.75, 3.05) is 27.2 Å².